The van der Waals surface area contributed by atoms with E-state index in [1.807, 2.05) is 6.92 Å². The number of rotatable bonds is 3. The number of halogens is 2. The lowest BCUT2D eigenvalue weighted by molar-refractivity contribution is 0.338. The first-order valence-electron chi connectivity index (χ1n) is 6.62. The molecule has 0 heterocycles. The standard InChI is InChI=1S/C18H19F2/c1-17(2,13-5-9-15(19)10-6-13)18(3,4)14-7-11-16(20)12-8-14/h5-12H,1H2,2-4H3/q+1. The molecule has 0 aliphatic carbocycles. The highest BCUT2D eigenvalue weighted by Crippen LogP contribution is 2.43. The van der Waals surface area contributed by atoms with E-state index < -0.39 is 5.41 Å². The summed E-state index contributed by atoms with van der Waals surface area (Å²) in [5, 5.41) is 0. The Morgan fingerprint density at radius 1 is 0.700 bits per heavy atom. The molecule has 0 fully saturated rings. The Morgan fingerprint density at radius 3 is 1.45 bits per heavy atom. The average Bonchev–Trinajstić information content (AvgIpc) is 2.39. The molecule has 1 atom stereocenters. The second-order valence-electron chi connectivity index (χ2n) is 5.97. The molecule has 0 aliphatic rings. The third-order valence-corrected chi connectivity index (χ3v) is 4.43. The summed E-state index contributed by atoms with van der Waals surface area (Å²) in [4.78, 5) is 0. The summed E-state index contributed by atoms with van der Waals surface area (Å²) in [5.74, 6) is -0.513. The summed E-state index contributed by atoms with van der Waals surface area (Å²) < 4.78 is 26.2. The molecule has 0 aliphatic heterocycles. The van der Waals surface area contributed by atoms with Gasteiger partial charge in [0.2, 0.25) is 0 Å². The van der Waals surface area contributed by atoms with Crippen LogP contribution in [0.5, 0.6) is 0 Å². The van der Waals surface area contributed by atoms with Gasteiger partial charge in [-0.15, -0.1) is 0 Å². The van der Waals surface area contributed by atoms with Crippen LogP contribution in [0.3, 0.4) is 0 Å². The van der Waals surface area contributed by atoms with E-state index in [2.05, 4.69) is 20.8 Å². The van der Waals surface area contributed by atoms with Crippen LogP contribution in [0.15, 0.2) is 48.5 Å². The monoisotopic (exact) mass is 273 g/mol. The van der Waals surface area contributed by atoms with Crippen molar-refractivity contribution in [2.45, 2.75) is 31.6 Å². The van der Waals surface area contributed by atoms with Gasteiger partial charge in [0.25, 0.3) is 0 Å². The molecule has 0 amide bonds. The van der Waals surface area contributed by atoms with Gasteiger partial charge in [-0.25, -0.2) is 8.78 Å². The molecule has 2 aromatic carbocycles. The first-order chi connectivity index (χ1) is 9.25. The van der Waals surface area contributed by atoms with E-state index in [0.717, 1.165) is 11.1 Å². The average molecular weight is 273 g/mol. The largest absolute Gasteiger partial charge is 0.207 e. The highest BCUT2D eigenvalue weighted by atomic mass is 19.1. The second-order valence-corrected chi connectivity index (χ2v) is 5.97. The van der Waals surface area contributed by atoms with Gasteiger partial charge in [-0.1, -0.05) is 38.1 Å². The van der Waals surface area contributed by atoms with Gasteiger partial charge in [-0.3, -0.25) is 0 Å². The SMILES string of the molecule is [CH2+]C(C)(c1ccc(F)cc1)C(C)(C)c1ccc(F)cc1. The maximum absolute atomic E-state index is 13.1. The fourth-order valence-corrected chi connectivity index (χ4v) is 2.36. The molecule has 20 heavy (non-hydrogen) atoms. The fourth-order valence-electron chi connectivity index (χ4n) is 2.36. The van der Waals surface area contributed by atoms with Gasteiger partial charge in [0.1, 0.15) is 17.0 Å². The number of hydrogen-bond donors (Lipinski definition) is 0. The topological polar surface area (TPSA) is 0 Å². The molecule has 0 spiro atoms. The van der Waals surface area contributed by atoms with E-state index in [9.17, 15) is 8.78 Å². The predicted octanol–water partition coefficient (Wildman–Crippen LogP) is 5.03. The maximum atomic E-state index is 13.1. The van der Waals surface area contributed by atoms with Crippen molar-refractivity contribution in [2.24, 2.45) is 0 Å². The van der Waals surface area contributed by atoms with Crippen molar-refractivity contribution in [3.8, 4) is 0 Å². The van der Waals surface area contributed by atoms with Gasteiger partial charge in [-0.2, -0.15) is 0 Å². The van der Waals surface area contributed by atoms with Crippen LogP contribution in [0.25, 0.3) is 0 Å². The highest BCUT2D eigenvalue weighted by Gasteiger charge is 2.46. The van der Waals surface area contributed by atoms with Crippen molar-refractivity contribution in [1.29, 1.82) is 0 Å². The first-order valence-corrected chi connectivity index (χ1v) is 6.62. The lowest BCUT2D eigenvalue weighted by Gasteiger charge is -2.37. The van der Waals surface area contributed by atoms with Crippen molar-refractivity contribution < 1.29 is 8.78 Å². The van der Waals surface area contributed by atoms with E-state index in [-0.39, 0.29) is 17.0 Å². The van der Waals surface area contributed by atoms with Crippen LogP contribution in [0, 0.1) is 18.6 Å². The third kappa shape index (κ3) is 2.43. The molecule has 104 valence electrons. The Morgan fingerprint density at radius 2 is 1.05 bits per heavy atom. The van der Waals surface area contributed by atoms with Gasteiger partial charge >= 0.3 is 0 Å². The zero-order valence-corrected chi connectivity index (χ0v) is 12.1. The van der Waals surface area contributed by atoms with Gasteiger partial charge < -0.3 is 0 Å². The zero-order chi connectivity index (χ0) is 15.0. The Labute approximate surface area is 119 Å². The summed E-state index contributed by atoms with van der Waals surface area (Å²) >= 11 is 0. The molecular formula is C18H19F2+. The van der Waals surface area contributed by atoms with Crippen LogP contribution in [0.2, 0.25) is 0 Å². The van der Waals surface area contributed by atoms with Crippen molar-refractivity contribution >= 4 is 0 Å². The highest BCUT2D eigenvalue weighted by molar-refractivity contribution is 5.38. The van der Waals surface area contributed by atoms with Gasteiger partial charge in [-0.05, 0) is 36.8 Å². The van der Waals surface area contributed by atoms with Crippen molar-refractivity contribution in [1.82, 2.24) is 0 Å². The van der Waals surface area contributed by atoms with Crippen molar-refractivity contribution in [3.63, 3.8) is 0 Å². The van der Waals surface area contributed by atoms with Crippen LogP contribution in [-0.4, -0.2) is 0 Å². The molecule has 0 N–H and O–H groups in total. The molecule has 0 saturated carbocycles. The van der Waals surface area contributed by atoms with Gasteiger partial charge in [0, 0.05) is 11.0 Å². The molecule has 2 heteroatoms. The maximum Gasteiger partial charge on any atom is 0.136 e. The van der Waals surface area contributed by atoms with Crippen LogP contribution >= 0.6 is 0 Å². The van der Waals surface area contributed by atoms with Crippen LogP contribution in [-0.2, 0) is 10.8 Å². The summed E-state index contributed by atoms with van der Waals surface area (Å²) in [6, 6.07) is 12.9. The predicted molar refractivity (Wildman–Crippen MR) is 78.5 cm³/mol. The molecule has 0 radical (unpaired) electrons. The second kappa shape index (κ2) is 4.93. The normalized spacial score (nSPS) is 14.8. The van der Waals surface area contributed by atoms with E-state index in [4.69, 9.17) is 0 Å². The zero-order valence-electron chi connectivity index (χ0n) is 12.1. The summed E-state index contributed by atoms with van der Waals surface area (Å²) in [5.41, 5.74) is 1.17. The Hall–Kier alpha value is -1.83. The van der Waals surface area contributed by atoms with Crippen LogP contribution in [0.4, 0.5) is 8.78 Å². The lowest BCUT2D eigenvalue weighted by atomic mass is 9.61. The minimum atomic E-state index is -0.460. The molecule has 0 aromatic heterocycles. The van der Waals surface area contributed by atoms with Crippen LogP contribution < -0.4 is 0 Å². The van der Waals surface area contributed by atoms with Crippen molar-refractivity contribution in [3.05, 3.63) is 78.2 Å². The Bertz CT molecular complexity index is 522. The summed E-state index contributed by atoms with van der Waals surface area (Å²) in [7, 11) is 0. The molecule has 0 bridgehead atoms. The van der Waals surface area contributed by atoms with E-state index in [1.165, 1.54) is 24.3 Å². The van der Waals surface area contributed by atoms with E-state index >= 15 is 0 Å². The molecule has 2 rings (SSSR count). The number of benzene rings is 2. The molecule has 0 saturated heterocycles. The van der Waals surface area contributed by atoms with E-state index in [1.54, 1.807) is 24.3 Å². The smallest absolute Gasteiger partial charge is 0.136 e. The number of hydrogen-bond acceptors (Lipinski definition) is 0. The molecular weight excluding hydrogens is 254 g/mol. The van der Waals surface area contributed by atoms with Gasteiger partial charge in [0.15, 0.2) is 0 Å². The van der Waals surface area contributed by atoms with Crippen molar-refractivity contribution in [2.75, 3.05) is 0 Å². The quantitative estimate of drug-likeness (QED) is 0.688. The molecule has 2 aromatic rings. The minimum Gasteiger partial charge on any atom is -0.207 e. The Kier molecular flexibility index (Phi) is 3.59. The summed E-state index contributed by atoms with van der Waals surface area (Å²) in [6.45, 7) is 10.5. The molecule has 1 unspecified atom stereocenters. The minimum absolute atomic E-state index is 0.253. The molecule has 0 nitrogen and oxygen atoms in total. The summed E-state index contributed by atoms with van der Waals surface area (Å²) in [6.07, 6.45) is 0. The lowest BCUT2D eigenvalue weighted by Crippen LogP contribution is -2.40. The fraction of sp³-hybridized carbons (Fsp3) is 0.278. The van der Waals surface area contributed by atoms with Crippen LogP contribution in [0.1, 0.15) is 31.9 Å². The van der Waals surface area contributed by atoms with E-state index in [0.29, 0.717) is 0 Å². The third-order valence-electron chi connectivity index (χ3n) is 4.43. The first kappa shape index (κ1) is 14.6. The van der Waals surface area contributed by atoms with Gasteiger partial charge in [0.05, 0.1) is 6.92 Å². The Balaban J connectivity index is 2.45.